The number of likely N-dealkylation sites (tertiary alicyclic amines) is 1. The molecule has 0 N–H and O–H groups in total. The maximum absolute atomic E-state index is 12.4. The molecule has 0 aromatic heterocycles. The van der Waals surface area contributed by atoms with Crippen molar-refractivity contribution in [3.63, 3.8) is 0 Å². The minimum absolute atomic E-state index is 0.109. The Balaban J connectivity index is 1.82. The zero-order valence-electron chi connectivity index (χ0n) is 11.3. The molecular weight excluding hydrogens is 280 g/mol. The van der Waals surface area contributed by atoms with Crippen molar-refractivity contribution in [2.45, 2.75) is 13.8 Å². The number of hydrogen-bond acceptors (Lipinski definition) is 3. The summed E-state index contributed by atoms with van der Waals surface area (Å²) in [4.78, 5) is 24.5. The number of hydrogen-bond donors (Lipinski definition) is 0. The highest BCUT2D eigenvalue weighted by atomic mass is 35.5. The van der Waals surface area contributed by atoms with Gasteiger partial charge in [0.2, 0.25) is 0 Å². The van der Waals surface area contributed by atoms with Crippen LogP contribution in [0.2, 0.25) is 5.02 Å². The Morgan fingerprint density at radius 2 is 2.00 bits per heavy atom. The second kappa shape index (κ2) is 4.19. The van der Waals surface area contributed by atoms with Crippen LogP contribution in [0.25, 0.3) is 0 Å². The van der Waals surface area contributed by atoms with Crippen LogP contribution in [0.3, 0.4) is 0 Å². The number of amides is 1. The second-order valence-corrected chi connectivity index (χ2v) is 6.57. The lowest BCUT2D eigenvalue weighted by Crippen LogP contribution is -2.33. The molecule has 3 rings (SSSR count). The molecule has 1 aliphatic carbocycles. The molecule has 0 unspecified atom stereocenters. The van der Waals surface area contributed by atoms with Crippen LogP contribution in [0.4, 0.5) is 5.69 Å². The maximum Gasteiger partial charge on any atom is 0.270 e. The van der Waals surface area contributed by atoms with E-state index in [0.717, 1.165) is 13.1 Å². The van der Waals surface area contributed by atoms with Crippen LogP contribution >= 0.6 is 11.6 Å². The van der Waals surface area contributed by atoms with Crippen LogP contribution in [-0.4, -0.2) is 28.8 Å². The zero-order valence-corrected chi connectivity index (χ0v) is 12.1. The summed E-state index contributed by atoms with van der Waals surface area (Å²) in [7, 11) is 0. The molecule has 1 saturated carbocycles. The van der Waals surface area contributed by atoms with E-state index in [2.05, 4.69) is 13.8 Å². The molecule has 1 amide bonds. The first-order valence-electron chi connectivity index (χ1n) is 6.55. The number of carbonyl (C=O) groups excluding carboxylic acids is 1. The third kappa shape index (κ3) is 1.88. The van der Waals surface area contributed by atoms with E-state index in [0.29, 0.717) is 17.3 Å². The largest absolute Gasteiger partial charge is 0.338 e. The number of halogens is 1. The van der Waals surface area contributed by atoms with Gasteiger partial charge in [-0.15, -0.1) is 0 Å². The number of rotatable bonds is 2. The van der Waals surface area contributed by atoms with Gasteiger partial charge in [0.1, 0.15) is 0 Å². The van der Waals surface area contributed by atoms with Gasteiger partial charge >= 0.3 is 0 Å². The number of benzene rings is 1. The first kappa shape index (κ1) is 13.4. The lowest BCUT2D eigenvalue weighted by Gasteiger charge is -2.22. The van der Waals surface area contributed by atoms with Gasteiger partial charge in [-0.05, 0) is 23.3 Å². The number of nitrogens with zero attached hydrogens (tertiary/aromatic N) is 2. The standard InChI is InChI=1S/C14H15ClN2O3/c1-14(2)10-6-16(7-11(10)14)13(18)9-5-8(17(19)20)3-4-12(9)15/h3-5,10-11H,6-7H2,1-2H3/t10-,11-/m1/s1. The third-order valence-corrected chi connectivity index (χ3v) is 5.13. The van der Waals surface area contributed by atoms with Crippen LogP contribution in [-0.2, 0) is 0 Å². The molecule has 106 valence electrons. The highest BCUT2D eigenvalue weighted by Crippen LogP contribution is 2.62. The Bertz CT molecular complexity index is 600. The van der Waals surface area contributed by atoms with Gasteiger partial charge in [-0.3, -0.25) is 14.9 Å². The van der Waals surface area contributed by atoms with Crippen LogP contribution in [0.15, 0.2) is 18.2 Å². The highest BCUT2D eigenvalue weighted by Gasteiger charge is 2.62. The van der Waals surface area contributed by atoms with Gasteiger partial charge in [-0.25, -0.2) is 0 Å². The number of nitro benzene ring substituents is 1. The SMILES string of the molecule is CC1(C)[C@@H]2CN(C(=O)c3cc([N+](=O)[O-])ccc3Cl)C[C@H]21. The van der Waals surface area contributed by atoms with E-state index in [1.54, 1.807) is 4.90 Å². The van der Waals surface area contributed by atoms with Crippen LogP contribution in [0.1, 0.15) is 24.2 Å². The van der Waals surface area contributed by atoms with E-state index in [4.69, 9.17) is 11.6 Å². The monoisotopic (exact) mass is 294 g/mol. The summed E-state index contributed by atoms with van der Waals surface area (Å²) in [5, 5.41) is 11.1. The predicted molar refractivity (Wildman–Crippen MR) is 74.8 cm³/mol. The summed E-state index contributed by atoms with van der Waals surface area (Å²) in [6, 6.07) is 3.98. The molecule has 0 bridgehead atoms. The molecule has 2 fully saturated rings. The normalized spacial score (nSPS) is 26.2. The lowest BCUT2D eigenvalue weighted by molar-refractivity contribution is -0.384. The van der Waals surface area contributed by atoms with Crippen molar-refractivity contribution >= 4 is 23.2 Å². The minimum atomic E-state index is -0.516. The number of piperidine rings is 1. The van der Waals surface area contributed by atoms with Gasteiger partial charge in [0, 0.05) is 25.2 Å². The van der Waals surface area contributed by atoms with Gasteiger partial charge in [-0.1, -0.05) is 25.4 Å². The van der Waals surface area contributed by atoms with E-state index in [1.807, 2.05) is 0 Å². The topological polar surface area (TPSA) is 63.5 Å². The van der Waals surface area contributed by atoms with Gasteiger partial charge in [0.15, 0.2) is 0 Å². The third-order valence-electron chi connectivity index (χ3n) is 4.80. The molecule has 2 aliphatic rings. The van der Waals surface area contributed by atoms with Crippen molar-refractivity contribution in [1.82, 2.24) is 4.90 Å². The van der Waals surface area contributed by atoms with Gasteiger partial charge in [0.05, 0.1) is 15.5 Å². The fourth-order valence-electron chi connectivity index (χ4n) is 3.26. The van der Waals surface area contributed by atoms with Crippen molar-refractivity contribution in [1.29, 1.82) is 0 Å². The fourth-order valence-corrected chi connectivity index (χ4v) is 3.46. The Hall–Kier alpha value is -1.62. The van der Waals surface area contributed by atoms with Crippen LogP contribution in [0.5, 0.6) is 0 Å². The summed E-state index contributed by atoms with van der Waals surface area (Å²) in [5.74, 6) is 0.884. The Morgan fingerprint density at radius 1 is 1.40 bits per heavy atom. The molecule has 5 nitrogen and oxygen atoms in total. The fraction of sp³-hybridized carbons (Fsp3) is 0.500. The molecule has 1 aromatic rings. The number of carbonyl (C=O) groups is 1. The zero-order chi connectivity index (χ0) is 14.7. The van der Waals surface area contributed by atoms with Crippen molar-refractivity contribution in [3.8, 4) is 0 Å². The average Bonchev–Trinajstić information content (AvgIpc) is 2.80. The van der Waals surface area contributed by atoms with E-state index >= 15 is 0 Å². The summed E-state index contributed by atoms with van der Waals surface area (Å²) in [6.07, 6.45) is 0. The Labute approximate surface area is 121 Å². The Morgan fingerprint density at radius 3 is 2.55 bits per heavy atom. The van der Waals surface area contributed by atoms with E-state index in [9.17, 15) is 14.9 Å². The van der Waals surface area contributed by atoms with Gasteiger partial charge in [0.25, 0.3) is 11.6 Å². The predicted octanol–water partition coefficient (Wildman–Crippen LogP) is 2.98. The van der Waals surface area contributed by atoms with Crippen LogP contribution < -0.4 is 0 Å². The van der Waals surface area contributed by atoms with E-state index in [1.165, 1.54) is 18.2 Å². The maximum atomic E-state index is 12.4. The molecule has 6 heteroatoms. The summed E-state index contributed by atoms with van der Waals surface area (Å²) in [6.45, 7) is 5.86. The first-order chi connectivity index (χ1) is 9.32. The van der Waals surface area contributed by atoms with Crippen molar-refractivity contribution in [2.24, 2.45) is 17.3 Å². The van der Waals surface area contributed by atoms with Crippen molar-refractivity contribution in [2.75, 3.05) is 13.1 Å². The highest BCUT2D eigenvalue weighted by molar-refractivity contribution is 6.33. The molecule has 0 radical (unpaired) electrons. The first-order valence-corrected chi connectivity index (χ1v) is 6.93. The molecule has 20 heavy (non-hydrogen) atoms. The van der Waals surface area contributed by atoms with Crippen molar-refractivity contribution < 1.29 is 9.72 Å². The number of nitro groups is 1. The molecule has 2 atom stereocenters. The Kier molecular flexibility index (Phi) is 2.80. The van der Waals surface area contributed by atoms with Gasteiger partial charge in [-0.2, -0.15) is 0 Å². The number of non-ortho nitro benzene ring substituents is 1. The molecular formula is C14H15ClN2O3. The second-order valence-electron chi connectivity index (χ2n) is 6.17. The van der Waals surface area contributed by atoms with Crippen LogP contribution in [0, 0.1) is 27.4 Å². The molecule has 1 heterocycles. The summed E-state index contributed by atoms with van der Waals surface area (Å²) >= 11 is 6.01. The van der Waals surface area contributed by atoms with E-state index in [-0.39, 0.29) is 22.2 Å². The lowest BCUT2D eigenvalue weighted by atomic mass is 10.1. The quantitative estimate of drug-likeness (QED) is 0.622. The summed E-state index contributed by atoms with van der Waals surface area (Å²) < 4.78 is 0. The molecule has 1 saturated heterocycles. The van der Waals surface area contributed by atoms with E-state index < -0.39 is 4.92 Å². The molecule has 1 aromatic carbocycles. The molecule has 0 spiro atoms. The van der Waals surface area contributed by atoms with Gasteiger partial charge < -0.3 is 4.90 Å². The molecule has 1 aliphatic heterocycles. The number of fused-ring (bicyclic) bond motifs is 1. The minimum Gasteiger partial charge on any atom is -0.338 e. The summed E-state index contributed by atoms with van der Waals surface area (Å²) in [5.41, 5.74) is 0.436. The average molecular weight is 295 g/mol. The van der Waals surface area contributed by atoms with Crippen molar-refractivity contribution in [3.05, 3.63) is 38.9 Å². The smallest absolute Gasteiger partial charge is 0.270 e.